The highest BCUT2D eigenvalue weighted by atomic mass is 35.5. The molecule has 0 radical (unpaired) electrons. The number of nitrogens with zero attached hydrogens (tertiary/aromatic N) is 1. The highest BCUT2D eigenvalue weighted by Gasteiger charge is 2.19. The number of ether oxygens (including phenoxy) is 1. The number of hydrogen-bond donors (Lipinski definition) is 1. The van der Waals surface area contributed by atoms with Crippen molar-refractivity contribution in [3.8, 4) is 5.75 Å². The van der Waals surface area contributed by atoms with Gasteiger partial charge in [-0.3, -0.25) is 4.98 Å². The highest BCUT2D eigenvalue weighted by Crippen LogP contribution is 2.32. The van der Waals surface area contributed by atoms with E-state index in [2.05, 4.69) is 4.98 Å². The van der Waals surface area contributed by atoms with Crippen molar-refractivity contribution in [2.75, 3.05) is 6.61 Å². The van der Waals surface area contributed by atoms with Crippen LogP contribution >= 0.6 is 23.2 Å². The maximum Gasteiger partial charge on any atom is 0.122 e. The summed E-state index contributed by atoms with van der Waals surface area (Å²) >= 11 is 11.9. The van der Waals surface area contributed by atoms with Gasteiger partial charge < -0.3 is 9.84 Å². The monoisotopic (exact) mass is 295 g/mol. The van der Waals surface area contributed by atoms with Crippen molar-refractivity contribution >= 4 is 23.2 Å². The van der Waals surface area contributed by atoms with E-state index in [0.717, 1.165) is 23.3 Å². The predicted octanol–water partition coefficient (Wildman–Crippen LogP) is 3.41. The van der Waals surface area contributed by atoms with Gasteiger partial charge in [0.25, 0.3) is 0 Å². The molecule has 0 spiro atoms. The Kier molecular flexibility index (Phi) is 3.35. The minimum Gasteiger partial charge on any atom is -0.493 e. The Balaban J connectivity index is 1.97. The molecule has 2 aromatic rings. The van der Waals surface area contributed by atoms with Gasteiger partial charge in [-0.25, -0.2) is 0 Å². The van der Waals surface area contributed by atoms with Gasteiger partial charge in [0.15, 0.2) is 0 Å². The lowest BCUT2D eigenvalue weighted by atomic mass is 10.0. The molecule has 98 valence electrons. The number of aliphatic hydroxyl groups is 1. The van der Waals surface area contributed by atoms with Gasteiger partial charge in [-0.05, 0) is 29.3 Å². The summed E-state index contributed by atoms with van der Waals surface area (Å²) in [6.07, 6.45) is 1.47. The number of pyridine rings is 1. The van der Waals surface area contributed by atoms with Gasteiger partial charge in [-0.15, -0.1) is 0 Å². The first-order valence-electron chi connectivity index (χ1n) is 5.90. The van der Waals surface area contributed by atoms with Gasteiger partial charge in [0.2, 0.25) is 0 Å². The van der Waals surface area contributed by atoms with E-state index in [4.69, 9.17) is 27.9 Å². The molecule has 0 aliphatic carbocycles. The van der Waals surface area contributed by atoms with E-state index in [-0.39, 0.29) is 0 Å². The van der Waals surface area contributed by atoms with E-state index in [1.807, 2.05) is 18.2 Å². The van der Waals surface area contributed by atoms with Crippen LogP contribution in [0.3, 0.4) is 0 Å². The molecule has 1 atom stereocenters. The topological polar surface area (TPSA) is 42.4 Å². The molecule has 0 bridgehead atoms. The van der Waals surface area contributed by atoms with Crippen molar-refractivity contribution in [2.24, 2.45) is 0 Å². The molecule has 1 aliphatic rings. The van der Waals surface area contributed by atoms with Crippen LogP contribution in [0.25, 0.3) is 0 Å². The maximum atomic E-state index is 10.4. The number of aliphatic hydroxyl groups excluding tert-OH is 1. The molecule has 3 rings (SSSR count). The molecule has 0 amide bonds. The molecular formula is C14H11Cl2NO2. The normalized spacial score (nSPS) is 14.9. The highest BCUT2D eigenvalue weighted by molar-refractivity contribution is 6.34. The molecule has 0 saturated carbocycles. The summed E-state index contributed by atoms with van der Waals surface area (Å²) in [5, 5.41) is 11.2. The number of aromatic nitrogens is 1. The van der Waals surface area contributed by atoms with Gasteiger partial charge in [0.05, 0.1) is 22.3 Å². The van der Waals surface area contributed by atoms with E-state index in [1.165, 1.54) is 6.20 Å². The van der Waals surface area contributed by atoms with E-state index in [9.17, 15) is 5.11 Å². The van der Waals surface area contributed by atoms with Crippen LogP contribution in [-0.2, 0) is 6.42 Å². The Morgan fingerprint density at radius 2 is 2.11 bits per heavy atom. The molecule has 1 aliphatic heterocycles. The summed E-state index contributed by atoms with van der Waals surface area (Å²) < 4.78 is 5.44. The predicted molar refractivity (Wildman–Crippen MR) is 74.0 cm³/mol. The second kappa shape index (κ2) is 5.00. The van der Waals surface area contributed by atoms with Crippen molar-refractivity contribution in [2.45, 2.75) is 12.5 Å². The van der Waals surface area contributed by atoms with Gasteiger partial charge in [0, 0.05) is 12.6 Å². The second-order valence-electron chi connectivity index (χ2n) is 4.39. The molecule has 1 aromatic heterocycles. The Hall–Kier alpha value is -1.29. The van der Waals surface area contributed by atoms with Crippen LogP contribution in [0.2, 0.25) is 10.0 Å². The fourth-order valence-electron chi connectivity index (χ4n) is 2.16. The molecule has 1 N–H and O–H groups in total. The lowest BCUT2D eigenvalue weighted by molar-refractivity contribution is 0.215. The van der Waals surface area contributed by atoms with Gasteiger partial charge >= 0.3 is 0 Å². The smallest absolute Gasteiger partial charge is 0.122 e. The maximum absolute atomic E-state index is 10.4. The van der Waals surface area contributed by atoms with Crippen molar-refractivity contribution in [1.29, 1.82) is 0 Å². The van der Waals surface area contributed by atoms with Crippen LogP contribution in [0.4, 0.5) is 0 Å². The van der Waals surface area contributed by atoms with E-state index < -0.39 is 6.10 Å². The Labute approximate surface area is 120 Å². The van der Waals surface area contributed by atoms with Crippen molar-refractivity contribution in [1.82, 2.24) is 4.98 Å². The zero-order valence-electron chi connectivity index (χ0n) is 9.94. The molecule has 1 unspecified atom stereocenters. The zero-order chi connectivity index (χ0) is 13.4. The minimum absolute atomic E-state index is 0.358. The molecule has 2 heterocycles. The largest absolute Gasteiger partial charge is 0.493 e. The van der Waals surface area contributed by atoms with Crippen molar-refractivity contribution in [3.63, 3.8) is 0 Å². The lowest BCUT2D eigenvalue weighted by Gasteiger charge is -2.13. The van der Waals surface area contributed by atoms with Crippen LogP contribution in [0.5, 0.6) is 5.75 Å². The molecule has 19 heavy (non-hydrogen) atoms. The van der Waals surface area contributed by atoms with Crippen LogP contribution in [0.1, 0.15) is 22.9 Å². The van der Waals surface area contributed by atoms with Crippen LogP contribution in [0, 0.1) is 0 Å². The van der Waals surface area contributed by atoms with Crippen LogP contribution in [0.15, 0.2) is 30.5 Å². The average Bonchev–Trinajstić information content (AvgIpc) is 2.85. The average molecular weight is 296 g/mol. The first kappa shape index (κ1) is 12.7. The third kappa shape index (κ3) is 2.41. The van der Waals surface area contributed by atoms with Gasteiger partial charge in [-0.2, -0.15) is 0 Å². The number of rotatable bonds is 2. The minimum atomic E-state index is -0.865. The number of hydrogen-bond acceptors (Lipinski definition) is 3. The SMILES string of the molecule is OC(c1ccc2c(c1)CCO2)c1ncc(Cl)cc1Cl. The standard InChI is InChI=1S/C14H11Cl2NO2/c15-10-6-11(16)13(17-7-10)14(18)9-1-2-12-8(5-9)3-4-19-12/h1-2,5-7,14,18H,3-4H2. The number of halogens is 2. The van der Waals surface area contributed by atoms with Crippen LogP contribution in [-0.4, -0.2) is 16.7 Å². The number of fused-ring (bicyclic) bond motifs is 1. The van der Waals surface area contributed by atoms with Crippen LogP contribution < -0.4 is 4.74 Å². The first-order chi connectivity index (χ1) is 9.15. The molecular weight excluding hydrogens is 285 g/mol. The lowest BCUT2D eigenvalue weighted by Crippen LogP contribution is -2.03. The summed E-state index contributed by atoms with van der Waals surface area (Å²) in [4.78, 5) is 4.10. The summed E-state index contributed by atoms with van der Waals surface area (Å²) in [6, 6.07) is 7.19. The Morgan fingerprint density at radius 1 is 1.26 bits per heavy atom. The fraction of sp³-hybridized carbons (Fsp3) is 0.214. The Bertz CT molecular complexity index is 631. The molecule has 0 saturated heterocycles. The van der Waals surface area contributed by atoms with E-state index in [1.54, 1.807) is 6.07 Å². The Morgan fingerprint density at radius 3 is 2.89 bits per heavy atom. The summed E-state index contributed by atoms with van der Waals surface area (Å²) in [5.41, 5.74) is 2.26. The summed E-state index contributed by atoms with van der Waals surface area (Å²) in [7, 11) is 0. The second-order valence-corrected chi connectivity index (χ2v) is 5.23. The third-order valence-corrected chi connectivity index (χ3v) is 3.63. The van der Waals surface area contributed by atoms with Gasteiger partial charge in [-0.1, -0.05) is 29.3 Å². The first-order valence-corrected chi connectivity index (χ1v) is 6.65. The quantitative estimate of drug-likeness (QED) is 0.923. The number of benzene rings is 1. The van der Waals surface area contributed by atoms with Gasteiger partial charge in [0.1, 0.15) is 11.9 Å². The van der Waals surface area contributed by atoms with E-state index in [0.29, 0.717) is 22.3 Å². The third-order valence-electron chi connectivity index (χ3n) is 3.12. The molecule has 5 heteroatoms. The summed E-state index contributed by atoms with van der Waals surface area (Å²) in [5.74, 6) is 0.881. The molecule has 1 aromatic carbocycles. The molecule has 0 fully saturated rings. The van der Waals surface area contributed by atoms with E-state index >= 15 is 0 Å². The summed E-state index contributed by atoms with van der Waals surface area (Å²) in [6.45, 7) is 0.689. The van der Waals surface area contributed by atoms with Crippen molar-refractivity contribution < 1.29 is 9.84 Å². The fourth-order valence-corrected chi connectivity index (χ4v) is 2.64. The molecule has 3 nitrogen and oxygen atoms in total. The zero-order valence-corrected chi connectivity index (χ0v) is 11.4. The van der Waals surface area contributed by atoms with Crippen molar-refractivity contribution in [3.05, 3.63) is 57.3 Å².